The minimum atomic E-state index is -0.222. The Bertz CT molecular complexity index is 337. The van der Waals surface area contributed by atoms with Crippen molar-refractivity contribution in [3.8, 4) is 0 Å². The second kappa shape index (κ2) is 7.31. The molecule has 0 radical (unpaired) electrons. The maximum absolute atomic E-state index is 10.8. The lowest BCUT2D eigenvalue weighted by atomic mass is 9.92. The Morgan fingerprint density at radius 3 is 2.53 bits per heavy atom. The monoisotopic (exact) mass is 268 g/mol. The summed E-state index contributed by atoms with van der Waals surface area (Å²) in [5, 5.41) is 0. The zero-order chi connectivity index (χ0) is 14.3. The van der Waals surface area contributed by atoms with Crippen molar-refractivity contribution in [1.82, 2.24) is 0 Å². The topological polar surface area (TPSA) is 52.6 Å². The van der Waals surface area contributed by atoms with Crippen molar-refractivity contribution in [2.24, 2.45) is 11.3 Å². The lowest BCUT2D eigenvalue weighted by Crippen LogP contribution is -2.10. The number of allylic oxidation sites excluding steroid dienone is 1. The van der Waals surface area contributed by atoms with Crippen LogP contribution in [0.3, 0.4) is 0 Å². The highest BCUT2D eigenvalue weighted by Gasteiger charge is 2.52. The van der Waals surface area contributed by atoms with E-state index in [2.05, 4.69) is 6.58 Å². The Kier molecular flexibility index (Phi) is 6.06. The van der Waals surface area contributed by atoms with E-state index in [0.29, 0.717) is 19.1 Å². The highest BCUT2D eigenvalue weighted by Crippen LogP contribution is 2.58. The number of carbonyl (C=O) groups is 2. The van der Waals surface area contributed by atoms with Crippen molar-refractivity contribution in [2.75, 3.05) is 13.2 Å². The number of ether oxygens (including phenoxy) is 2. The zero-order valence-electron chi connectivity index (χ0n) is 11.9. The molecule has 0 aromatic rings. The van der Waals surface area contributed by atoms with E-state index in [0.717, 1.165) is 32.1 Å². The van der Waals surface area contributed by atoms with E-state index in [9.17, 15) is 9.59 Å². The van der Waals surface area contributed by atoms with Gasteiger partial charge in [0.1, 0.15) is 0 Å². The summed E-state index contributed by atoms with van der Waals surface area (Å²) < 4.78 is 10.00. The highest BCUT2D eigenvalue weighted by atomic mass is 16.5. The molecule has 0 aliphatic heterocycles. The van der Waals surface area contributed by atoms with Gasteiger partial charge in [0.25, 0.3) is 0 Å². The molecule has 0 N–H and O–H groups in total. The highest BCUT2D eigenvalue weighted by molar-refractivity contribution is 5.66. The molecule has 0 heterocycles. The SMILES string of the molecule is C=CCC1(CCCCOC(C)=O)C[C@H]1COC(C)=O. The summed E-state index contributed by atoms with van der Waals surface area (Å²) in [7, 11) is 0. The fraction of sp³-hybridized carbons (Fsp3) is 0.733. The molecule has 2 atom stereocenters. The van der Waals surface area contributed by atoms with E-state index in [4.69, 9.17) is 9.47 Å². The van der Waals surface area contributed by atoms with Crippen LogP contribution in [0, 0.1) is 11.3 Å². The number of unbranched alkanes of at least 4 members (excludes halogenated alkanes) is 1. The largest absolute Gasteiger partial charge is 0.466 e. The first kappa shape index (κ1) is 15.7. The van der Waals surface area contributed by atoms with Crippen molar-refractivity contribution < 1.29 is 19.1 Å². The summed E-state index contributed by atoms with van der Waals surface area (Å²) in [5.74, 6) is 0.0253. The summed E-state index contributed by atoms with van der Waals surface area (Å²) >= 11 is 0. The van der Waals surface area contributed by atoms with Crippen LogP contribution in [0.5, 0.6) is 0 Å². The predicted molar refractivity (Wildman–Crippen MR) is 72.5 cm³/mol. The van der Waals surface area contributed by atoms with Gasteiger partial charge in [0.15, 0.2) is 0 Å². The molecule has 1 aliphatic carbocycles. The van der Waals surface area contributed by atoms with Gasteiger partial charge in [-0.25, -0.2) is 0 Å². The van der Waals surface area contributed by atoms with E-state index < -0.39 is 0 Å². The van der Waals surface area contributed by atoms with Gasteiger partial charge in [0, 0.05) is 13.8 Å². The Hall–Kier alpha value is -1.32. The van der Waals surface area contributed by atoms with Crippen LogP contribution in [0.15, 0.2) is 12.7 Å². The average Bonchev–Trinajstić information content (AvgIpc) is 3.00. The first-order valence-corrected chi connectivity index (χ1v) is 6.88. The lowest BCUT2D eigenvalue weighted by Gasteiger charge is -2.15. The van der Waals surface area contributed by atoms with E-state index >= 15 is 0 Å². The second-order valence-electron chi connectivity index (χ2n) is 5.36. The summed E-state index contributed by atoms with van der Waals surface area (Å²) in [6.07, 6.45) is 6.99. The molecule has 1 fully saturated rings. The molecule has 0 amide bonds. The van der Waals surface area contributed by atoms with Gasteiger partial charge in [-0.1, -0.05) is 6.08 Å². The average molecular weight is 268 g/mol. The van der Waals surface area contributed by atoms with Gasteiger partial charge in [0.2, 0.25) is 0 Å². The number of hydrogen-bond acceptors (Lipinski definition) is 4. The molecule has 4 heteroatoms. The van der Waals surface area contributed by atoms with Gasteiger partial charge in [-0.2, -0.15) is 0 Å². The van der Waals surface area contributed by atoms with Crippen LogP contribution in [0.25, 0.3) is 0 Å². The number of hydrogen-bond donors (Lipinski definition) is 0. The summed E-state index contributed by atoms with van der Waals surface area (Å²) in [6.45, 7) is 7.69. The molecule has 1 aliphatic rings. The number of carbonyl (C=O) groups excluding carboxylic acids is 2. The van der Waals surface area contributed by atoms with Crippen LogP contribution >= 0.6 is 0 Å². The van der Waals surface area contributed by atoms with Crippen molar-refractivity contribution in [3.05, 3.63) is 12.7 Å². The number of rotatable bonds is 9. The van der Waals surface area contributed by atoms with Crippen LogP contribution in [0.4, 0.5) is 0 Å². The normalized spacial score (nSPS) is 24.6. The minimum absolute atomic E-state index is 0.214. The lowest BCUT2D eigenvalue weighted by molar-refractivity contribution is -0.142. The van der Waals surface area contributed by atoms with Crippen molar-refractivity contribution in [2.45, 2.75) is 46.0 Å². The molecule has 0 bridgehead atoms. The second-order valence-corrected chi connectivity index (χ2v) is 5.36. The van der Waals surface area contributed by atoms with Crippen molar-refractivity contribution in [1.29, 1.82) is 0 Å². The molecule has 1 unspecified atom stereocenters. The maximum Gasteiger partial charge on any atom is 0.302 e. The quantitative estimate of drug-likeness (QED) is 0.366. The van der Waals surface area contributed by atoms with E-state index in [-0.39, 0.29) is 17.4 Å². The van der Waals surface area contributed by atoms with Gasteiger partial charge < -0.3 is 9.47 Å². The van der Waals surface area contributed by atoms with Gasteiger partial charge in [-0.15, -0.1) is 6.58 Å². The third kappa shape index (κ3) is 5.45. The molecule has 0 aromatic heterocycles. The smallest absolute Gasteiger partial charge is 0.302 e. The van der Waals surface area contributed by atoms with E-state index in [1.54, 1.807) is 0 Å². The molecule has 1 rings (SSSR count). The molecule has 108 valence electrons. The van der Waals surface area contributed by atoms with Gasteiger partial charge in [0.05, 0.1) is 13.2 Å². The Morgan fingerprint density at radius 2 is 1.95 bits per heavy atom. The third-order valence-electron chi connectivity index (χ3n) is 3.77. The van der Waals surface area contributed by atoms with Crippen LogP contribution in [0.2, 0.25) is 0 Å². The molecule has 0 saturated heterocycles. The molecule has 0 spiro atoms. The predicted octanol–water partition coefficient (Wildman–Crippen LogP) is 2.87. The Labute approximate surface area is 115 Å². The molecule has 19 heavy (non-hydrogen) atoms. The first-order chi connectivity index (χ1) is 9.00. The van der Waals surface area contributed by atoms with Crippen molar-refractivity contribution >= 4 is 11.9 Å². The van der Waals surface area contributed by atoms with Crippen LogP contribution in [0.1, 0.15) is 46.0 Å². The van der Waals surface area contributed by atoms with Gasteiger partial charge >= 0.3 is 11.9 Å². The summed E-state index contributed by atoms with van der Waals surface area (Å²) in [5.41, 5.74) is 0.257. The molecule has 4 nitrogen and oxygen atoms in total. The molecule has 0 aromatic carbocycles. The van der Waals surface area contributed by atoms with Crippen LogP contribution in [-0.4, -0.2) is 25.2 Å². The first-order valence-electron chi connectivity index (χ1n) is 6.88. The fourth-order valence-corrected chi connectivity index (χ4v) is 2.63. The summed E-state index contributed by atoms with van der Waals surface area (Å²) in [4.78, 5) is 21.5. The Balaban J connectivity index is 2.24. The molecular formula is C15H24O4. The zero-order valence-corrected chi connectivity index (χ0v) is 11.9. The van der Waals surface area contributed by atoms with Crippen LogP contribution < -0.4 is 0 Å². The Morgan fingerprint density at radius 1 is 1.26 bits per heavy atom. The van der Waals surface area contributed by atoms with E-state index in [1.165, 1.54) is 13.8 Å². The summed E-state index contributed by atoms with van der Waals surface area (Å²) in [6, 6.07) is 0. The minimum Gasteiger partial charge on any atom is -0.466 e. The standard InChI is InChI=1S/C15H24O4/c1-4-7-15(8-5-6-9-18-12(2)16)10-14(15)11-19-13(3)17/h4,14H,1,5-11H2,2-3H3/t14-,15?/m0/s1. The molecular weight excluding hydrogens is 244 g/mol. The van der Waals surface area contributed by atoms with Gasteiger partial charge in [-0.3, -0.25) is 9.59 Å². The van der Waals surface area contributed by atoms with E-state index in [1.807, 2.05) is 6.08 Å². The van der Waals surface area contributed by atoms with Crippen LogP contribution in [-0.2, 0) is 19.1 Å². The number of esters is 2. The molecule has 1 saturated carbocycles. The fourth-order valence-electron chi connectivity index (χ4n) is 2.63. The maximum atomic E-state index is 10.8. The van der Waals surface area contributed by atoms with Gasteiger partial charge in [-0.05, 0) is 43.4 Å². The van der Waals surface area contributed by atoms with Crippen molar-refractivity contribution in [3.63, 3.8) is 0 Å². The third-order valence-corrected chi connectivity index (χ3v) is 3.77.